The molecule has 0 aliphatic heterocycles. The number of carbonyl (C=O) groups is 1. The maximum absolute atomic E-state index is 12.6. The van der Waals surface area contributed by atoms with Gasteiger partial charge in [0.15, 0.2) is 11.5 Å². The van der Waals surface area contributed by atoms with Gasteiger partial charge in [0, 0.05) is 0 Å². The molecule has 0 aliphatic carbocycles. The second-order valence-corrected chi connectivity index (χ2v) is 5.30. The van der Waals surface area contributed by atoms with Crippen molar-refractivity contribution in [3.63, 3.8) is 0 Å². The third kappa shape index (κ3) is 3.19. The normalized spacial score (nSPS) is 10.5. The molecule has 0 atom stereocenters. The number of hydrogen-bond acceptors (Lipinski definition) is 3. The van der Waals surface area contributed by atoms with Crippen molar-refractivity contribution in [2.75, 3.05) is 6.61 Å². The highest BCUT2D eigenvalue weighted by Gasteiger charge is 2.15. The predicted molar refractivity (Wildman–Crippen MR) is 91.3 cm³/mol. The van der Waals surface area contributed by atoms with Crippen molar-refractivity contribution in [1.29, 1.82) is 0 Å². The molecule has 0 aliphatic rings. The molecule has 0 fully saturated rings. The van der Waals surface area contributed by atoms with Crippen LogP contribution in [0.4, 0.5) is 0 Å². The lowest BCUT2D eigenvalue weighted by molar-refractivity contribution is 0.0730. The van der Waals surface area contributed by atoms with Crippen molar-refractivity contribution in [2.24, 2.45) is 0 Å². The van der Waals surface area contributed by atoms with Crippen LogP contribution in [0.15, 0.2) is 60.7 Å². The minimum atomic E-state index is -0.383. The largest absolute Gasteiger partial charge is 0.490 e. The van der Waals surface area contributed by atoms with Crippen LogP contribution >= 0.6 is 0 Å². The second kappa shape index (κ2) is 6.53. The molecule has 0 radical (unpaired) electrons. The van der Waals surface area contributed by atoms with Crippen molar-refractivity contribution >= 4 is 16.7 Å². The molecule has 3 nitrogen and oxygen atoms in total. The predicted octanol–water partition coefficient (Wildman–Crippen LogP) is 4.77. The van der Waals surface area contributed by atoms with Gasteiger partial charge < -0.3 is 9.47 Å². The van der Waals surface area contributed by atoms with Gasteiger partial charge in [-0.05, 0) is 48.4 Å². The van der Waals surface area contributed by atoms with Crippen molar-refractivity contribution < 1.29 is 14.3 Å². The zero-order valence-electron chi connectivity index (χ0n) is 13.2. The summed E-state index contributed by atoms with van der Waals surface area (Å²) in [6.45, 7) is 4.39. The van der Waals surface area contributed by atoms with Crippen LogP contribution in [-0.2, 0) is 0 Å². The van der Waals surface area contributed by atoms with Gasteiger partial charge in [-0.15, -0.1) is 0 Å². The molecule has 0 bridgehead atoms. The Morgan fingerprint density at radius 3 is 2.57 bits per heavy atom. The van der Waals surface area contributed by atoms with E-state index in [9.17, 15) is 4.79 Å². The molecule has 3 aromatic rings. The number of carbonyl (C=O) groups excluding carboxylic acids is 1. The van der Waals surface area contributed by atoms with Gasteiger partial charge in [-0.3, -0.25) is 0 Å². The molecular formula is C20H18O3. The molecule has 3 heteroatoms. The average molecular weight is 306 g/mol. The maximum atomic E-state index is 12.6. The highest BCUT2D eigenvalue weighted by atomic mass is 16.6. The molecule has 0 N–H and O–H groups in total. The van der Waals surface area contributed by atoms with E-state index in [-0.39, 0.29) is 5.97 Å². The highest BCUT2D eigenvalue weighted by molar-refractivity contribution is 6.05. The monoisotopic (exact) mass is 306 g/mol. The molecule has 0 heterocycles. The van der Waals surface area contributed by atoms with Crippen LogP contribution in [0.25, 0.3) is 10.8 Å². The van der Waals surface area contributed by atoms with Crippen LogP contribution < -0.4 is 9.47 Å². The van der Waals surface area contributed by atoms with E-state index in [4.69, 9.17) is 9.47 Å². The van der Waals surface area contributed by atoms with Crippen LogP contribution in [0.1, 0.15) is 22.8 Å². The van der Waals surface area contributed by atoms with Gasteiger partial charge in [0.05, 0.1) is 12.2 Å². The molecular weight excluding hydrogens is 288 g/mol. The molecule has 0 saturated heterocycles. The van der Waals surface area contributed by atoms with Crippen LogP contribution in [0.3, 0.4) is 0 Å². The molecule has 0 amide bonds. The van der Waals surface area contributed by atoms with Crippen LogP contribution in [0.5, 0.6) is 11.5 Å². The Morgan fingerprint density at radius 1 is 0.957 bits per heavy atom. The molecule has 0 saturated carbocycles. The summed E-state index contributed by atoms with van der Waals surface area (Å²) in [5.41, 5.74) is 1.60. The number of aryl methyl sites for hydroxylation is 1. The van der Waals surface area contributed by atoms with E-state index in [0.29, 0.717) is 23.7 Å². The van der Waals surface area contributed by atoms with Crippen LogP contribution in [-0.4, -0.2) is 12.6 Å². The van der Waals surface area contributed by atoms with Gasteiger partial charge in [-0.2, -0.15) is 0 Å². The van der Waals surface area contributed by atoms with E-state index >= 15 is 0 Å². The van der Waals surface area contributed by atoms with Gasteiger partial charge in [-0.25, -0.2) is 4.79 Å². The summed E-state index contributed by atoms with van der Waals surface area (Å²) in [6, 6.07) is 18.9. The molecule has 0 unspecified atom stereocenters. The van der Waals surface area contributed by atoms with Crippen molar-refractivity contribution in [1.82, 2.24) is 0 Å². The van der Waals surface area contributed by atoms with Gasteiger partial charge >= 0.3 is 5.97 Å². The third-order valence-corrected chi connectivity index (χ3v) is 3.61. The Labute approximate surface area is 135 Å². The fourth-order valence-corrected chi connectivity index (χ4v) is 2.53. The Bertz CT molecular complexity index is 847. The molecule has 116 valence electrons. The SMILES string of the molecule is CCOc1cc(C)ccc1OC(=O)c1cccc2ccccc12. The Morgan fingerprint density at radius 2 is 1.74 bits per heavy atom. The summed E-state index contributed by atoms with van der Waals surface area (Å²) in [7, 11) is 0. The standard InChI is InChI=1S/C20H18O3/c1-3-22-19-13-14(2)11-12-18(19)23-20(21)17-10-6-8-15-7-4-5-9-16(15)17/h4-13H,3H2,1-2H3. The summed E-state index contributed by atoms with van der Waals surface area (Å²) in [4.78, 5) is 12.6. The van der Waals surface area contributed by atoms with E-state index in [1.54, 1.807) is 12.1 Å². The first-order valence-electron chi connectivity index (χ1n) is 7.62. The minimum Gasteiger partial charge on any atom is -0.490 e. The Balaban J connectivity index is 1.95. The summed E-state index contributed by atoms with van der Waals surface area (Å²) in [6.07, 6.45) is 0. The van der Waals surface area contributed by atoms with E-state index in [2.05, 4.69) is 0 Å². The summed E-state index contributed by atoms with van der Waals surface area (Å²) in [5, 5.41) is 1.89. The number of esters is 1. The van der Waals surface area contributed by atoms with Crippen LogP contribution in [0, 0.1) is 6.92 Å². The fourth-order valence-electron chi connectivity index (χ4n) is 2.53. The van der Waals surface area contributed by atoms with E-state index in [0.717, 1.165) is 16.3 Å². The lowest BCUT2D eigenvalue weighted by Gasteiger charge is -2.12. The van der Waals surface area contributed by atoms with E-state index in [1.165, 1.54) is 0 Å². The van der Waals surface area contributed by atoms with Crippen molar-refractivity contribution in [2.45, 2.75) is 13.8 Å². The fraction of sp³-hybridized carbons (Fsp3) is 0.150. The Hall–Kier alpha value is -2.81. The first-order valence-corrected chi connectivity index (χ1v) is 7.62. The quantitative estimate of drug-likeness (QED) is 0.514. The van der Waals surface area contributed by atoms with Gasteiger partial charge in [0.2, 0.25) is 0 Å². The minimum absolute atomic E-state index is 0.383. The van der Waals surface area contributed by atoms with Crippen LogP contribution in [0.2, 0.25) is 0 Å². The summed E-state index contributed by atoms with van der Waals surface area (Å²) >= 11 is 0. The lowest BCUT2D eigenvalue weighted by atomic mass is 10.0. The molecule has 0 spiro atoms. The number of rotatable bonds is 4. The van der Waals surface area contributed by atoms with Gasteiger partial charge in [0.1, 0.15) is 0 Å². The third-order valence-electron chi connectivity index (χ3n) is 3.61. The second-order valence-electron chi connectivity index (χ2n) is 5.30. The number of fused-ring (bicyclic) bond motifs is 1. The van der Waals surface area contributed by atoms with Crippen molar-refractivity contribution in [3.05, 3.63) is 71.8 Å². The zero-order chi connectivity index (χ0) is 16.2. The Kier molecular flexibility index (Phi) is 4.29. The molecule has 3 rings (SSSR count). The number of hydrogen-bond donors (Lipinski definition) is 0. The molecule has 23 heavy (non-hydrogen) atoms. The highest BCUT2D eigenvalue weighted by Crippen LogP contribution is 2.30. The van der Waals surface area contributed by atoms with E-state index < -0.39 is 0 Å². The van der Waals surface area contributed by atoms with E-state index in [1.807, 2.05) is 62.4 Å². The smallest absolute Gasteiger partial charge is 0.344 e. The zero-order valence-corrected chi connectivity index (χ0v) is 13.2. The first kappa shape index (κ1) is 15.1. The lowest BCUT2D eigenvalue weighted by Crippen LogP contribution is -2.10. The maximum Gasteiger partial charge on any atom is 0.344 e. The molecule has 3 aromatic carbocycles. The van der Waals surface area contributed by atoms with Gasteiger partial charge in [-0.1, -0.05) is 42.5 Å². The van der Waals surface area contributed by atoms with Gasteiger partial charge in [0.25, 0.3) is 0 Å². The van der Waals surface area contributed by atoms with Crippen molar-refractivity contribution in [3.8, 4) is 11.5 Å². The first-order chi connectivity index (χ1) is 11.2. The topological polar surface area (TPSA) is 35.5 Å². The summed E-state index contributed by atoms with van der Waals surface area (Å²) in [5.74, 6) is 0.642. The average Bonchev–Trinajstić information content (AvgIpc) is 2.57. The summed E-state index contributed by atoms with van der Waals surface area (Å²) < 4.78 is 11.1. The number of benzene rings is 3. The number of ether oxygens (including phenoxy) is 2. The molecule has 0 aromatic heterocycles.